The smallest absolute Gasteiger partial charge is 0.164 e. The van der Waals surface area contributed by atoms with Crippen molar-refractivity contribution in [1.29, 1.82) is 0 Å². The molecule has 58 heavy (non-hydrogen) atoms. The topological polar surface area (TPSA) is 77.3 Å². The lowest BCUT2D eigenvalue weighted by Gasteiger charge is -2.10. The molecule has 11 rings (SSSR count). The first kappa shape index (κ1) is 33.4. The van der Waals surface area contributed by atoms with E-state index in [4.69, 9.17) is 29.9 Å². The zero-order valence-corrected chi connectivity index (χ0v) is 31.2. The number of aromatic nitrogens is 6. The summed E-state index contributed by atoms with van der Waals surface area (Å²) in [7, 11) is 0. The molecule has 0 amide bonds. The van der Waals surface area contributed by atoms with Crippen LogP contribution in [0.4, 0.5) is 0 Å². The van der Waals surface area contributed by atoms with Crippen LogP contribution in [0.5, 0.6) is 0 Å². The van der Waals surface area contributed by atoms with E-state index in [1.165, 1.54) is 5.39 Å². The fourth-order valence-electron chi connectivity index (χ4n) is 7.63. The molecule has 0 atom stereocenters. The fraction of sp³-hybridized carbons (Fsp3) is 0. The second kappa shape index (κ2) is 14.0. The summed E-state index contributed by atoms with van der Waals surface area (Å²) in [4.78, 5) is 30.0. The van der Waals surface area contributed by atoms with Gasteiger partial charge in [-0.3, -0.25) is 0 Å². The van der Waals surface area contributed by atoms with Crippen molar-refractivity contribution in [3.63, 3.8) is 0 Å². The second-order valence-electron chi connectivity index (χ2n) is 14.4. The zero-order chi connectivity index (χ0) is 38.4. The first-order chi connectivity index (χ1) is 28.7. The fourth-order valence-corrected chi connectivity index (χ4v) is 7.63. The summed E-state index contributed by atoms with van der Waals surface area (Å²) in [6.07, 6.45) is 0. The average molecular weight is 741 g/mol. The van der Waals surface area contributed by atoms with Gasteiger partial charge in [0.05, 0.1) is 33.6 Å². The molecule has 0 N–H and O–H groups in total. The summed E-state index contributed by atoms with van der Waals surface area (Å²) < 4.78 is 0. The third-order valence-corrected chi connectivity index (χ3v) is 10.7. The summed E-state index contributed by atoms with van der Waals surface area (Å²) in [5.41, 5.74) is 11.4. The van der Waals surface area contributed by atoms with Crippen molar-refractivity contribution in [2.75, 3.05) is 0 Å². The first-order valence-electron chi connectivity index (χ1n) is 19.3. The van der Waals surface area contributed by atoms with Crippen LogP contribution in [0.15, 0.2) is 194 Å². The van der Waals surface area contributed by atoms with E-state index in [0.29, 0.717) is 17.5 Å². The van der Waals surface area contributed by atoms with Crippen LogP contribution in [0.3, 0.4) is 0 Å². The molecule has 0 saturated carbocycles. The molecule has 4 heterocycles. The molecule has 0 radical (unpaired) electrons. The van der Waals surface area contributed by atoms with E-state index < -0.39 is 0 Å². The van der Waals surface area contributed by atoms with Gasteiger partial charge in [-0.15, -0.1) is 0 Å². The summed E-state index contributed by atoms with van der Waals surface area (Å²) in [5.74, 6) is 1.91. The van der Waals surface area contributed by atoms with Crippen molar-refractivity contribution in [2.45, 2.75) is 0 Å². The molecule has 11 aromatic rings. The normalized spacial score (nSPS) is 11.4. The minimum absolute atomic E-state index is 0.628. The molecule has 0 fully saturated rings. The Morgan fingerprint density at radius 1 is 0.241 bits per heavy atom. The Kier molecular flexibility index (Phi) is 8.04. The van der Waals surface area contributed by atoms with Gasteiger partial charge in [0.1, 0.15) is 0 Å². The van der Waals surface area contributed by atoms with Crippen molar-refractivity contribution in [1.82, 2.24) is 29.9 Å². The summed E-state index contributed by atoms with van der Waals surface area (Å²) >= 11 is 0. The highest BCUT2D eigenvalue weighted by molar-refractivity contribution is 6.05. The van der Waals surface area contributed by atoms with E-state index in [0.717, 1.165) is 88.6 Å². The second-order valence-corrected chi connectivity index (χ2v) is 14.4. The van der Waals surface area contributed by atoms with Gasteiger partial charge in [0, 0.05) is 43.8 Å². The summed E-state index contributed by atoms with van der Waals surface area (Å²) in [6, 6.07) is 66.5. The number of hydrogen-bond acceptors (Lipinski definition) is 6. The highest BCUT2D eigenvalue weighted by Gasteiger charge is 2.14. The van der Waals surface area contributed by atoms with Gasteiger partial charge < -0.3 is 0 Å². The Balaban J connectivity index is 0.908. The highest BCUT2D eigenvalue weighted by atomic mass is 15.0. The monoisotopic (exact) mass is 740 g/mol. The Bertz CT molecular complexity index is 3270. The molecule has 0 aliphatic carbocycles. The molecule has 0 bridgehead atoms. The van der Waals surface area contributed by atoms with Crippen molar-refractivity contribution >= 4 is 43.5 Å². The lowest BCUT2D eigenvalue weighted by atomic mass is 10.0. The molecule has 6 heteroatoms. The van der Waals surface area contributed by atoms with Crippen molar-refractivity contribution in [3.8, 4) is 67.9 Å². The van der Waals surface area contributed by atoms with Gasteiger partial charge in [0.15, 0.2) is 17.5 Å². The van der Waals surface area contributed by atoms with Gasteiger partial charge in [-0.1, -0.05) is 164 Å². The van der Waals surface area contributed by atoms with Gasteiger partial charge in [-0.25, -0.2) is 29.9 Å². The summed E-state index contributed by atoms with van der Waals surface area (Å²) in [5, 5.41) is 5.57. The number of fused-ring (bicyclic) bond motifs is 5. The number of benzene rings is 7. The zero-order valence-electron chi connectivity index (χ0n) is 31.2. The third kappa shape index (κ3) is 6.19. The molecule has 0 unspecified atom stereocenters. The van der Waals surface area contributed by atoms with Gasteiger partial charge in [0.25, 0.3) is 0 Å². The molecule has 0 aliphatic heterocycles. The average Bonchev–Trinajstić information content (AvgIpc) is 3.31. The van der Waals surface area contributed by atoms with Crippen LogP contribution in [0.2, 0.25) is 0 Å². The number of pyridine rings is 3. The van der Waals surface area contributed by atoms with Gasteiger partial charge in [0.2, 0.25) is 0 Å². The number of hydrogen-bond donors (Lipinski definition) is 0. The molecular formula is C52H32N6. The lowest BCUT2D eigenvalue weighted by Crippen LogP contribution is -2.00. The minimum atomic E-state index is 0.628. The largest absolute Gasteiger partial charge is 0.248 e. The predicted octanol–water partition coefficient (Wildman–Crippen LogP) is 12.7. The molecule has 7 aromatic carbocycles. The lowest BCUT2D eigenvalue weighted by molar-refractivity contribution is 1.07. The maximum Gasteiger partial charge on any atom is 0.164 e. The quantitative estimate of drug-likeness (QED) is 0.158. The molecule has 0 saturated heterocycles. The minimum Gasteiger partial charge on any atom is -0.248 e. The maximum atomic E-state index is 5.16. The van der Waals surface area contributed by atoms with Crippen LogP contribution in [0.1, 0.15) is 0 Å². The van der Waals surface area contributed by atoms with Gasteiger partial charge >= 0.3 is 0 Å². The van der Waals surface area contributed by atoms with Crippen molar-refractivity contribution in [3.05, 3.63) is 194 Å². The number of rotatable bonds is 6. The van der Waals surface area contributed by atoms with Crippen LogP contribution in [-0.4, -0.2) is 29.9 Å². The Morgan fingerprint density at radius 3 is 1.34 bits per heavy atom. The van der Waals surface area contributed by atoms with E-state index in [2.05, 4.69) is 133 Å². The van der Waals surface area contributed by atoms with Gasteiger partial charge in [-0.2, -0.15) is 0 Å². The Hall–Kier alpha value is -7.96. The molecule has 0 aliphatic rings. The molecule has 0 spiro atoms. The highest BCUT2D eigenvalue weighted by Crippen LogP contribution is 2.32. The molecule has 270 valence electrons. The van der Waals surface area contributed by atoms with E-state index in [-0.39, 0.29) is 0 Å². The molecule has 6 nitrogen and oxygen atoms in total. The van der Waals surface area contributed by atoms with E-state index in [1.54, 1.807) is 0 Å². The van der Waals surface area contributed by atoms with Crippen molar-refractivity contribution < 1.29 is 0 Å². The van der Waals surface area contributed by atoms with E-state index >= 15 is 0 Å². The standard InChI is InChI=1S/C52H32N6/c1-3-10-38(11-4-1)50-56-51(39-12-5-2-6-13-39)58-52(57-50)40-21-15-33(16-22-40)41-23-18-35-25-28-44(53-47(35)31-41)42-24-19-36-26-29-45(54-48(36)32-42)46-30-27-37-20-17-34-9-7-8-14-43(34)49(37)55-46/h1-32H. The van der Waals surface area contributed by atoms with Crippen LogP contribution in [0, 0.1) is 0 Å². The van der Waals surface area contributed by atoms with E-state index in [9.17, 15) is 0 Å². The van der Waals surface area contributed by atoms with Crippen LogP contribution < -0.4 is 0 Å². The molecule has 4 aromatic heterocycles. The number of nitrogens with zero attached hydrogens (tertiary/aromatic N) is 6. The Morgan fingerprint density at radius 2 is 0.672 bits per heavy atom. The van der Waals surface area contributed by atoms with Crippen LogP contribution in [0.25, 0.3) is 111 Å². The van der Waals surface area contributed by atoms with Crippen LogP contribution in [-0.2, 0) is 0 Å². The van der Waals surface area contributed by atoms with Crippen LogP contribution >= 0.6 is 0 Å². The summed E-state index contributed by atoms with van der Waals surface area (Å²) in [6.45, 7) is 0. The Labute approximate surface area is 334 Å². The maximum absolute atomic E-state index is 5.16. The molecular weight excluding hydrogens is 709 g/mol. The van der Waals surface area contributed by atoms with Gasteiger partial charge in [-0.05, 0) is 46.8 Å². The first-order valence-corrected chi connectivity index (χ1v) is 19.3. The SMILES string of the molecule is c1ccc(-c2nc(-c3ccccc3)nc(-c3ccc(-c4ccc5ccc(-c6ccc7ccc(-c8ccc9ccc%10ccccc%10c9n8)nc7c6)nc5c4)cc3)n2)cc1. The van der Waals surface area contributed by atoms with E-state index in [1.807, 2.05) is 60.7 Å². The van der Waals surface area contributed by atoms with Crippen molar-refractivity contribution in [2.24, 2.45) is 0 Å². The predicted molar refractivity (Wildman–Crippen MR) is 236 cm³/mol. The third-order valence-electron chi connectivity index (χ3n) is 10.7.